The minimum Gasteiger partial charge on any atom is -0.480 e. The average Bonchev–Trinajstić information content (AvgIpc) is 2.16. The molecule has 0 heterocycles. The molecule has 0 saturated heterocycles. The number of thioether (sulfide) groups is 1. The Labute approximate surface area is 95.0 Å². The van der Waals surface area contributed by atoms with Crippen LogP contribution in [0.4, 0.5) is 0 Å². The quantitative estimate of drug-likeness (QED) is 0.509. The minimum absolute atomic E-state index is 0.0714. The molecule has 1 amide bonds. The molecule has 15 heavy (non-hydrogen) atoms. The molecule has 4 nitrogen and oxygen atoms in total. The lowest BCUT2D eigenvalue weighted by atomic mass is 10.1. The average molecular weight is 233 g/mol. The van der Waals surface area contributed by atoms with Gasteiger partial charge in [-0.3, -0.25) is 4.79 Å². The summed E-state index contributed by atoms with van der Waals surface area (Å²) in [7, 11) is 0. The topological polar surface area (TPSA) is 57.6 Å². The fourth-order valence-corrected chi connectivity index (χ4v) is 1.83. The van der Waals surface area contributed by atoms with E-state index in [9.17, 15) is 9.59 Å². The highest BCUT2D eigenvalue weighted by atomic mass is 32.2. The molecule has 88 valence electrons. The van der Waals surface area contributed by atoms with E-state index in [0.29, 0.717) is 12.8 Å². The SMILES string of the molecule is CSCCCC(C(=O)O)N(C=O)C(C)C. The molecule has 0 aromatic carbocycles. The van der Waals surface area contributed by atoms with E-state index in [0.717, 1.165) is 12.2 Å². The van der Waals surface area contributed by atoms with Crippen molar-refractivity contribution >= 4 is 24.1 Å². The molecule has 1 unspecified atom stereocenters. The number of hydrogen-bond donors (Lipinski definition) is 1. The van der Waals surface area contributed by atoms with Crippen LogP contribution in [0.2, 0.25) is 0 Å². The van der Waals surface area contributed by atoms with Gasteiger partial charge in [0.25, 0.3) is 0 Å². The van der Waals surface area contributed by atoms with Crippen molar-refractivity contribution in [1.29, 1.82) is 0 Å². The normalized spacial score (nSPS) is 12.5. The summed E-state index contributed by atoms with van der Waals surface area (Å²) < 4.78 is 0. The van der Waals surface area contributed by atoms with Crippen LogP contribution in [0.3, 0.4) is 0 Å². The summed E-state index contributed by atoms with van der Waals surface area (Å²) in [4.78, 5) is 23.1. The molecule has 1 N–H and O–H groups in total. The second-order valence-electron chi connectivity index (χ2n) is 3.64. The molecule has 0 spiro atoms. The number of nitrogens with zero attached hydrogens (tertiary/aromatic N) is 1. The van der Waals surface area contributed by atoms with Crippen LogP contribution >= 0.6 is 11.8 Å². The summed E-state index contributed by atoms with van der Waals surface area (Å²) >= 11 is 1.68. The van der Waals surface area contributed by atoms with Gasteiger partial charge in [-0.25, -0.2) is 4.79 Å². The van der Waals surface area contributed by atoms with E-state index in [1.54, 1.807) is 11.8 Å². The van der Waals surface area contributed by atoms with Gasteiger partial charge in [-0.05, 0) is 38.7 Å². The third kappa shape index (κ3) is 5.06. The van der Waals surface area contributed by atoms with Gasteiger partial charge in [-0.15, -0.1) is 0 Å². The molecule has 0 radical (unpaired) electrons. The van der Waals surface area contributed by atoms with Crippen molar-refractivity contribution < 1.29 is 14.7 Å². The Morgan fingerprint density at radius 2 is 2.13 bits per heavy atom. The lowest BCUT2D eigenvalue weighted by Gasteiger charge is -2.28. The molecule has 0 aromatic rings. The first-order valence-electron chi connectivity index (χ1n) is 4.99. The second kappa shape index (κ2) is 7.56. The van der Waals surface area contributed by atoms with Crippen molar-refractivity contribution in [3.8, 4) is 0 Å². The van der Waals surface area contributed by atoms with E-state index in [-0.39, 0.29) is 6.04 Å². The smallest absolute Gasteiger partial charge is 0.326 e. The molecule has 0 rings (SSSR count). The van der Waals surface area contributed by atoms with Crippen molar-refractivity contribution in [3.05, 3.63) is 0 Å². The van der Waals surface area contributed by atoms with E-state index in [1.165, 1.54) is 4.90 Å². The first kappa shape index (κ1) is 14.3. The lowest BCUT2D eigenvalue weighted by molar-refractivity contribution is -0.147. The molecule has 0 aliphatic carbocycles. The van der Waals surface area contributed by atoms with Crippen molar-refractivity contribution in [3.63, 3.8) is 0 Å². The van der Waals surface area contributed by atoms with E-state index in [4.69, 9.17) is 5.11 Å². The first-order chi connectivity index (χ1) is 7.04. The third-order valence-electron chi connectivity index (χ3n) is 2.19. The standard InChI is InChI=1S/C10H19NO3S/c1-8(2)11(7-12)9(10(13)14)5-4-6-15-3/h7-9H,4-6H2,1-3H3,(H,13,14). The number of hydrogen-bond acceptors (Lipinski definition) is 3. The van der Waals surface area contributed by atoms with Crippen molar-refractivity contribution in [2.75, 3.05) is 12.0 Å². The Kier molecular flexibility index (Phi) is 7.21. The van der Waals surface area contributed by atoms with Gasteiger partial charge in [0.1, 0.15) is 6.04 Å². The van der Waals surface area contributed by atoms with E-state index < -0.39 is 12.0 Å². The second-order valence-corrected chi connectivity index (χ2v) is 4.62. The molecule has 0 fully saturated rings. The Bertz CT molecular complexity index is 209. The number of rotatable bonds is 8. The zero-order chi connectivity index (χ0) is 11.8. The highest BCUT2D eigenvalue weighted by Gasteiger charge is 2.25. The molecular formula is C10H19NO3S. The number of carboxylic acid groups (broad SMARTS) is 1. The monoisotopic (exact) mass is 233 g/mol. The van der Waals surface area contributed by atoms with E-state index in [2.05, 4.69) is 0 Å². The zero-order valence-electron chi connectivity index (χ0n) is 9.47. The van der Waals surface area contributed by atoms with Gasteiger partial charge in [-0.1, -0.05) is 0 Å². The molecule has 1 atom stereocenters. The minimum atomic E-state index is -0.920. The molecule has 0 aliphatic heterocycles. The van der Waals surface area contributed by atoms with Crippen LogP contribution in [0.1, 0.15) is 26.7 Å². The number of carboxylic acids is 1. The summed E-state index contributed by atoms with van der Waals surface area (Å²) in [5.74, 6) is 0.00564. The summed E-state index contributed by atoms with van der Waals surface area (Å²) in [6.07, 6.45) is 3.94. The third-order valence-corrected chi connectivity index (χ3v) is 2.89. The fourth-order valence-electron chi connectivity index (χ4n) is 1.38. The zero-order valence-corrected chi connectivity index (χ0v) is 10.3. The fraction of sp³-hybridized carbons (Fsp3) is 0.800. The molecular weight excluding hydrogens is 214 g/mol. The molecule has 0 bridgehead atoms. The van der Waals surface area contributed by atoms with Crippen molar-refractivity contribution in [2.24, 2.45) is 0 Å². The highest BCUT2D eigenvalue weighted by molar-refractivity contribution is 7.98. The summed E-state index contributed by atoms with van der Waals surface area (Å²) in [6, 6.07) is -0.757. The summed E-state index contributed by atoms with van der Waals surface area (Å²) in [5.41, 5.74) is 0. The van der Waals surface area contributed by atoms with Crippen LogP contribution in [0.15, 0.2) is 0 Å². The molecule has 0 saturated carbocycles. The number of carbonyl (C=O) groups excluding carboxylic acids is 1. The number of amides is 1. The van der Waals surface area contributed by atoms with Gasteiger partial charge in [0.2, 0.25) is 6.41 Å². The van der Waals surface area contributed by atoms with Gasteiger partial charge in [-0.2, -0.15) is 11.8 Å². The van der Waals surface area contributed by atoms with Crippen LogP contribution in [0.25, 0.3) is 0 Å². The van der Waals surface area contributed by atoms with Gasteiger partial charge >= 0.3 is 5.97 Å². The van der Waals surface area contributed by atoms with Gasteiger partial charge in [0.05, 0.1) is 0 Å². The Balaban J connectivity index is 4.35. The summed E-state index contributed by atoms with van der Waals surface area (Å²) in [5, 5.41) is 9.02. The maximum Gasteiger partial charge on any atom is 0.326 e. The highest BCUT2D eigenvalue weighted by Crippen LogP contribution is 2.11. The predicted octanol–water partition coefficient (Wildman–Crippen LogP) is 1.45. The van der Waals surface area contributed by atoms with E-state index in [1.807, 2.05) is 20.1 Å². The largest absolute Gasteiger partial charge is 0.480 e. The Morgan fingerprint density at radius 3 is 2.47 bits per heavy atom. The number of carbonyl (C=O) groups is 2. The van der Waals surface area contributed by atoms with Crippen LogP contribution in [0.5, 0.6) is 0 Å². The van der Waals surface area contributed by atoms with E-state index >= 15 is 0 Å². The number of aliphatic carboxylic acids is 1. The molecule has 0 aromatic heterocycles. The van der Waals surface area contributed by atoms with Crippen LogP contribution in [-0.2, 0) is 9.59 Å². The van der Waals surface area contributed by atoms with Crippen molar-refractivity contribution in [2.45, 2.75) is 38.8 Å². The molecule has 5 heteroatoms. The lowest BCUT2D eigenvalue weighted by Crippen LogP contribution is -2.44. The van der Waals surface area contributed by atoms with Crippen LogP contribution in [-0.4, -0.2) is 46.5 Å². The molecule has 0 aliphatic rings. The van der Waals surface area contributed by atoms with Gasteiger partial charge in [0.15, 0.2) is 0 Å². The Morgan fingerprint density at radius 1 is 1.53 bits per heavy atom. The summed E-state index contributed by atoms with van der Waals surface area (Å²) in [6.45, 7) is 3.64. The Hall–Kier alpha value is -0.710. The maximum absolute atomic E-state index is 11.0. The van der Waals surface area contributed by atoms with Crippen molar-refractivity contribution in [1.82, 2.24) is 4.90 Å². The predicted molar refractivity (Wildman–Crippen MR) is 62.1 cm³/mol. The van der Waals surface area contributed by atoms with Gasteiger partial charge < -0.3 is 10.0 Å². The maximum atomic E-state index is 11.0. The van der Waals surface area contributed by atoms with Crippen LogP contribution in [0, 0.1) is 0 Å². The van der Waals surface area contributed by atoms with Crippen LogP contribution < -0.4 is 0 Å². The first-order valence-corrected chi connectivity index (χ1v) is 6.38. The van der Waals surface area contributed by atoms with Gasteiger partial charge in [0, 0.05) is 6.04 Å².